The quantitative estimate of drug-likeness (QED) is 0.368. The number of aliphatic carboxylic acids is 1. The van der Waals surface area contributed by atoms with Gasteiger partial charge in [-0.25, -0.2) is 0 Å². The van der Waals surface area contributed by atoms with Crippen molar-refractivity contribution in [3.05, 3.63) is 0 Å². The molecule has 0 aromatic carbocycles. The first-order chi connectivity index (χ1) is 16.1. The fourth-order valence-corrected chi connectivity index (χ4v) is 11.1. The Kier molecular flexibility index (Phi) is 7.46. The van der Waals surface area contributed by atoms with Crippen LogP contribution in [0.15, 0.2) is 0 Å². The Morgan fingerprint density at radius 2 is 1.63 bits per heavy atom. The summed E-state index contributed by atoms with van der Waals surface area (Å²) in [5.41, 5.74) is 0.808. The van der Waals surface area contributed by atoms with Gasteiger partial charge in [-0.05, 0) is 122 Å². The summed E-state index contributed by atoms with van der Waals surface area (Å²) in [6.07, 6.45) is 12.4. The van der Waals surface area contributed by atoms with Crippen molar-refractivity contribution in [3.63, 3.8) is 0 Å². The van der Waals surface area contributed by atoms with Crippen LogP contribution >= 0.6 is 0 Å². The van der Waals surface area contributed by atoms with Crippen LogP contribution < -0.4 is 0 Å². The molecule has 4 fully saturated rings. The summed E-state index contributed by atoms with van der Waals surface area (Å²) in [5, 5.41) is 9.53. The molecule has 4 rings (SSSR count). The number of rotatable bonds is 6. The molecule has 0 amide bonds. The maximum atomic E-state index is 11.3. The number of hydrogen-bond acceptors (Lipinski definition) is 2. The van der Waals surface area contributed by atoms with Crippen LogP contribution in [0.4, 0.5) is 0 Å². The molecule has 4 aliphatic rings. The van der Waals surface area contributed by atoms with Crippen molar-refractivity contribution in [2.45, 2.75) is 137 Å². The molecule has 202 valence electrons. The first-order valence-corrected chi connectivity index (χ1v) is 17.9. The van der Waals surface area contributed by atoms with E-state index in [9.17, 15) is 9.90 Å². The number of carboxylic acids is 1. The van der Waals surface area contributed by atoms with E-state index in [1.807, 2.05) is 0 Å². The number of fused-ring (bicyclic) bond motifs is 5. The van der Waals surface area contributed by atoms with Gasteiger partial charge in [0.2, 0.25) is 0 Å². The zero-order valence-corrected chi connectivity index (χ0v) is 25.5. The molecule has 0 heterocycles. The van der Waals surface area contributed by atoms with Crippen LogP contribution in [0.2, 0.25) is 18.1 Å². The molecule has 1 N–H and O–H groups in total. The zero-order chi connectivity index (χ0) is 26.0. The van der Waals surface area contributed by atoms with E-state index >= 15 is 0 Å². The lowest BCUT2D eigenvalue weighted by atomic mass is 9.43. The minimum absolute atomic E-state index is 0.250. The molecule has 35 heavy (non-hydrogen) atoms. The van der Waals surface area contributed by atoms with Gasteiger partial charge in [-0.2, -0.15) is 0 Å². The first kappa shape index (κ1) is 27.7. The summed E-state index contributed by atoms with van der Waals surface area (Å²) in [7, 11) is -1.84. The predicted molar refractivity (Wildman–Crippen MR) is 148 cm³/mol. The van der Waals surface area contributed by atoms with Crippen molar-refractivity contribution in [1.29, 1.82) is 0 Å². The van der Waals surface area contributed by atoms with E-state index in [-0.39, 0.29) is 5.04 Å². The first-order valence-electron chi connectivity index (χ1n) is 15.0. The van der Waals surface area contributed by atoms with E-state index in [2.05, 4.69) is 61.6 Å². The maximum absolute atomic E-state index is 11.3. The highest BCUT2D eigenvalue weighted by Crippen LogP contribution is 2.69. The summed E-state index contributed by atoms with van der Waals surface area (Å²) in [5.74, 6) is 4.54. The van der Waals surface area contributed by atoms with E-state index in [0.29, 0.717) is 35.2 Å². The topological polar surface area (TPSA) is 46.5 Å². The molecule has 4 aliphatic carbocycles. The van der Waals surface area contributed by atoms with Gasteiger partial charge in [0.15, 0.2) is 8.32 Å². The third-order valence-electron chi connectivity index (χ3n) is 12.7. The van der Waals surface area contributed by atoms with Crippen molar-refractivity contribution in [2.24, 2.45) is 52.3 Å². The van der Waals surface area contributed by atoms with Gasteiger partial charge in [-0.3, -0.25) is 4.79 Å². The largest absolute Gasteiger partial charge is 0.481 e. The van der Waals surface area contributed by atoms with E-state index < -0.39 is 14.3 Å². The molecule has 0 spiro atoms. The van der Waals surface area contributed by atoms with Gasteiger partial charge in [-0.1, -0.05) is 54.9 Å². The normalized spacial score (nSPS) is 44.8. The Morgan fingerprint density at radius 1 is 1.00 bits per heavy atom. The smallest absolute Gasteiger partial charge is 0.303 e. The van der Waals surface area contributed by atoms with Gasteiger partial charge in [0.1, 0.15) is 0 Å². The van der Waals surface area contributed by atoms with E-state index in [1.54, 1.807) is 0 Å². The van der Waals surface area contributed by atoms with E-state index in [4.69, 9.17) is 4.43 Å². The molecule has 10 atom stereocenters. The summed E-state index contributed by atoms with van der Waals surface area (Å²) >= 11 is 0. The molecule has 0 saturated heterocycles. The van der Waals surface area contributed by atoms with Gasteiger partial charge in [-0.15, -0.1) is 0 Å². The van der Waals surface area contributed by atoms with Crippen LogP contribution in [0, 0.1) is 52.3 Å². The van der Waals surface area contributed by atoms with Crippen molar-refractivity contribution in [3.8, 4) is 0 Å². The van der Waals surface area contributed by atoms with Crippen molar-refractivity contribution in [2.75, 3.05) is 0 Å². The molecular formula is C31H56O3Si. The number of carbonyl (C=O) groups is 1. The molecule has 4 heteroatoms. The Bertz CT molecular complexity index is 787. The fraction of sp³-hybridized carbons (Fsp3) is 0.968. The van der Waals surface area contributed by atoms with Gasteiger partial charge in [0.25, 0.3) is 0 Å². The Hall–Kier alpha value is -0.353. The van der Waals surface area contributed by atoms with E-state index in [1.165, 1.54) is 51.4 Å². The lowest BCUT2D eigenvalue weighted by Crippen LogP contribution is -2.60. The van der Waals surface area contributed by atoms with Crippen LogP contribution in [-0.4, -0.2) is 25.5 Å². The standard InChI is InChI=1S/C31H56O3Si/c1-20-14-16-31(7)25-15-17-30(6)23(21(2)10-13-28(32)33)11-12-24(30)22(25)19-27(26(31)18-20)34-35(8,9)29(3,4)5/h20-27H,10-19H2,1-9H3,(H,32,33)/t20-,21?,22?,23?,24?,25?,26+,27+,30-,31-/m1/s1. The summed E-state index contributed by atoms with van der Waals surface area (Å²) in [6, 6.07) is 0. The molecule has 4 saturated carbocycles. The lowest BCUT2D eigenvalue weighted by molar-refractivity contribution is -0.161. The average molecular weight is 505 g/mol. The maximum Gasteiger partial charge on any atom is 0.303 e. The van der Waals surface area contributed by atoms with Crippen molar-refractivity contribution in [1.82, 2.24) is 0 Å². The summed E-state index contributed by atoms with van der Waals surface area (Å²) in [6.45, 7) is 22.2. The molecule has 0 aromatic rings. The monoisotopic (exact) mass is 504 g/mol. The average Bonchev–Trinajstić information content (AvgIpc) is 3.09. The molecule has 0 bridgehead atoms. The van der Waals surface area contributed by atoms with Gasteiger partial charge in [0.05, 0.1) is 0 Å². The highest BCUT2D eigenvalue weighted by Gasteiger charge is 2.63. The van der Waals surface area contributed by atoms with E-state index in [0.717, 1.165) is 36.0 Å². The lowest BCUT2D eigenvalue weighted by Gasteiger charge is -2.64. The second-order valence-electron chi connectivity index (χ2n) is 15.7. The van der Waals surface area contributed by atoms with Crippen molar-refractivity contribution < 1.29 is 14.3 Å². The minimum Gasteiger partial charge on any atom is -0.481 e. The molecular weight excluding hydrogens is 448 g/mol. The molecule has 5 unspecified atom stereocenters. The second-order valence-corrected chi connectivity index (χ2v) is 20.4. The Morgan fingerprint density at radius 3 is 2.26 bits per heavy atom. The summed E-state index contributed by atoms with van der Waals surface area (Å²) < 4.78 is 7.37. The SMILES string of the molecule is CC(CCC(=O)O)C1CCC2C3C[C@H](O[Si](C)(C)C(C)(C)C)[C@@H]4C[C@H](C)CC[C@]4(C)C3CC[C@]12C. The van der Waals surface area contributed by atoms with Gasteiger partial charge < -0.3 is 9.53 Å². The van der Waals surface area contributed by atoms with Crippen LogP contribution in [0.5, 0.6) is 0 Å². The van der Waals surface area contributed by atoms with Crippen LogP contribution in [-0.2, 0) is 9.22 Å². The number of carboxylic acid groups (broad SMARTS) is 1. The Balaban J connectivity index is 1.62. The zero-order valence-electron chi connectivity index (χ0n) is 24.5. The minimum atomic E-state index is -1.84. The number of hydrogen-bond donors (Lipinski definition) is 1. The van der Waals surface area contributed by atoms with Gasteiger partial charge >= 0.3 is 5.97 Å². The third-order valence-corrected chi connectivity index (χ3v) is 17.2. The fourth-order valence-electron chi connectivity index (χ4n) is 9.68. The molecule has 0 aliphatic heterocycles. The third kappa shape index (κ3) is 4.82. The predicted octanol–water partition coefficient (Wildman–Crippen LogP) is 8.78. The Labute approximate surface area is 217 Å². The van der Waals surface area contributed by atoms with Gasteiger partial charge in [0, 0.05) is 12.5 Å². The van der Waals surface area contributed by atoms with Crippen LogP contribution in [0.25, 0.3) is 0 Å². The highest BCUT2D eigenvalue weighted by atomic mass is 28.4. The van der Waals surface area contributed by atoms with Crippen LogP contribution in [0.3, 0.4) is 0 Å². The second kappa shape index (κ2) is 9.44. The van der Waals surface area contributed by atoms with Crippen LogP contribution in [0.1, 0.15) is 113 Å². The molecule has 0 aromatic heterocycles. The van der Waals surface area contributed by atoms with Crippen molar-refractivity contribution >= 4 is 14.3 Å². The molecule has 0 radical (unpaired) electrons. The highest BCUT2D eigenvalue weighted by molar-refractivity contribution is 6.74. The molecule has 3 nitrogen and oxygen atoms in total. The summed E-state index contributed by atoms with van der Waals surface area (Å²) in [4.78, 5) is 11.3.